The molecular weight excluding hydrogens is 212 g/mol. The van der Waals surface area contributed by atoms with Gasteiger partial charge in [-0.2, -0.15) is 11.8 Å². The number of amides is 1. The van der Waals surface area contributed by atoms with Crippen LogP contribution in [0.2, 0.25) is 0 Å². The fraction of sp³-hybridized carbons (Fsp3) is 0.900. The van der Waals surface area contributed by atoms with E-state index in [9.17, 15) is 4.79 Å². The summed E-state index contributed by atoms with van der Waals surface area (Å²) < 4.78 is 0. The molecule has 1 fully saturated rings. The number of rotatable bonds is 5. The van der Waals surface area contributed by atoms with Gasteiger partial charge in [-0.05, 0) is 13.3 Å². The van der Waals surface area contributed by atoms with E-state index >= 15 is 0 Å². The number of nitrogens with zero attached hydrogens (tertiary/aromatic N) is 1. The Morgan fingerprint density at radius 3 is 3.00 bits per heavy atom. The standard InChI is InChI=1S/C10H20N2O2S/c1-2-12(5-3-6-13)10(14)9-8-15-7-4-11-9/h9,11,13H,2-8H2,1H3. The van der Waals surface area contributed by atoms with Gasteiger partial charge in [0, 0.05) is 37.7 Å². The van der Waals surface area contributed by atoms with Gasteiger partial charge in [-0.15, -0.1) is 0 Å². The minimum Gasteiger partial charge on any atom is -0.396 e. The molecule has 0 aliphatic carbocycles. The zero-order valence-corrected chi connectivity index (χ0v) is 10.1. The molecule has 1 heterocycles. The molecule has 1 atom stereocenters. The lowest BCUT2D eigenvalue weighted by Gasteiger charge is -2.28. The molecule has 0 saturated carbocycles. The van der Waals surface area contributed by atoms with Gasteiger partial charge in [0.05, 0.1) is 6.04 Å². The van der Waals surface area contributed by atoms with Crippen LogP contribution in [0.1, 0.15) is 13.3 Å². The van der Waals surface area contributed by atoms with Gasteiger partial charge in [0.2, 0.25) is 5.91 Å². The number of likely N-dealkylation sites (N-methyl/N-ethyl adjacent to an activating group) is 1. The summed E-state index contributed by atoms with van der Waals surface area (Å²) in [5.74, 6) is 2.14. The predicted molar refractivity (Wildman–Crippen MR) is 63.1 cm³/mol. The summed E-state index contributed by atoms with van der Waals surface area (Å²) in [7, 11) is 0. The smallest absolute Gasteiger partial charge is 0.240 e. The zero-order valence-electron chi connectivity index (χ0n) is 9.24. The molecule has 15 heavy (non-hydrogen) atoms. The molecule has 1 aliphatic heterocycles. The molecule has 4 nitrogen and oxygen atoms in total. The van der Waals surface area contributed by atoms with E-state index in [0.29, 0.717) is 13.0 Å². The lowest BCUT2D eigenvalue weighted by atomic mass is 10.2. The van der Waals surface area contributed by atoms with Gasteiger partial charge < -0.3 is 15.3 Å². The number of carbonyl (C=O) groups excluding carboxylic acids is 1. The first kappa shape index (κ1) is 12.8. The van der Waals surface area contributed by atoms with Crippen molar-refractivity contribution < 1.29 is 9.90 Å². The zero-order chi connectivity index (χ0) is 11.1. The Kier molecular flexibility index (Phi) is 6.05. The molecule has 88 valence electrons. The third-order valence-corrected chi connectivity index (χ3v) is 3.56. The Hall–Kier alpha value is -0.260. The summed E-state index contributed by atoms with van der Waals surface area (Å²) in [6.45, 7) is 4.43. The lowest BCUT2D eigenvalue weighted by Crippen LogP contribution is -2.50. The molecule has 0 aromatic rings. The van der Waals surface area contributed by atoms with E-state index in [0.717, 1.165) is 24.6 Å². The van der Waals surface area contributed by atoms with Crippen molar-refractivity contribution in [1.82, 2.24) is 10.2 Å². The van der Waals surface area contributed by atoms with Crippen molar-refractivity contribution in [2.24, 2.45) is 0 Å². The van der Waals surface area contributed by atoms with Crippen molar-refractivity contribution in [3.8, 4) is 0 Å². The summed E-state index contributed by atoms with van der Waals surface area (Å²) in [5, 5.41) is 12.0. The maximum absolute atomic E-state index is 12.0. The minimum absolute atomic E-state index is 0.0256. The van der Waals surface area contributed by atoms with Crippen LogP contribution in [0.25, 0.3) is 0 Å². The first-order valence-corrected chi connectivity index (χ1v) is 6.65. The highest BCUT2D eigenvalue weighted by molar-refractivity contribution is 7.99. The summed E-state index contributed by atoms with van der Waals surface area (Å²) in [5.41, 5.74) is 0. The van der Waals surface area contributed by atoms with Crippen molar-refractivity contribution in [3.63, 3.8) is 0 Å². The molecule has 2 N–H and O–H groups in total. The molecule has 1 saturated heterocycles. The fourth-order valence-corrected chi connectivity index (χ4v) is 2.56. The van der Waals surface area contributed by atoms with Crippen LogP contribution in [-0.2, 0) is 4.79 Å². The van der Waals surface area contributed by atoms with E-state index in [1.54, 1.807) is 0 Å². The molecule has 5 heteroatoms. The van der Waals surface area contributed by atoms with Crippen molar-refractivity contribution in [2.45, 2.75) is 19.4 Å². The number of hydrogen-bond donors (Lipinski definition) is 2. The molecule has 0 aromatic carbocycles. The van der Waals surface area contributed by atoms with E-state index < -0.39 is 0 Å². The van der Waals surface area contributed by atoms with Crippen molar-refractivity contribution in [1.29, 1.82) is 0 Å². The van der Waals surface area contributed by atoms with Gasteiger partial charge in [-0.1, -0.05) is 0 Å². The van der Waals surface area contributed by atoms with E-state index in [1.807, 2.05) is 23.6 Å². The molecule has 0 bridgehead atoms. The summed E-state index contributed by atoms with van der Waals surface area (Å²) >= 11 is 1.82. The summed E-state index contributed by atoms with van der Waals surface area (Å²) in [6, 6.07) is -0.0256. The minimum atomic E-state index is -0.0256. The van der Waals surface area contributed by atoms with Crippen LogP contribution in [0.3, 0.4) is 0 Å². The maximum Gasteiger partial charge on any atom is 0.240 e. The molecule has 1 rings (SSSR count). The van der Waals surface area contributed by atoms with Gasteiger partial charge in [0.25, 0.3) is 0 Å². The Balaban J connectivity index is 2.40. The maximum atomic E-state index is 12.0. The van der Waals surface area contributed by atoms with E-state index in [4.69, 9.17) is 5.11 Å². The Morgan fingerprint density at radius 2 is 2.47 bits per heavy atom. The van der Waals surface area contributed by atoms with Crippen LogP contribution >= 0.6 is 11.8 Å². The topological polar surface area (TPSA) is 52.6 Å². The second-order valence-corrected chi connectivity index (χ2v) is 4.73. The molecule has 0 radical (unpaired) electrons. The molecular formula is C10H20N2O2S. The fourth-order valence-electron chi connectivity index (χ4n) is 1.63. The van der Waals surface area contributed by atoms with Crippen LogP contribution in [0.4, 0.5) is 0 Å². The summed E-state index contributed by atoms with van der Waals surface area (Å²) in [4.78, 5) is 13.8. The van der Waals surface area contributed by atoms with Crippen LogP contribution < -0.4 is 5.32 Å². The monoisotopic (exact) mass is 232 g/mol. The van der Waals surface area contributed by atoms with E-state index in [1.165, 1.54) is 0 Å². The first-order valence-electron chi connectivity index (χ1n) is 5.50. The largest absolute Gasteiger partial charge is 0.396 e. The molecule has 1 aliphatic rings. The van der Waals surface area contributed by atoms with E-state index in [-0.39, 0.29) is 18.6 Å². The highest BCUT2D eigenvalue weighted by atomic mass is 32.2. The normalized spacial score (nSPS) is 21.3. The van der Waals surface area contributed by atoms with Gasteiger partial charge in [0.1, 0.15) is 0 Å². The Morgan fingerprint density at radius 1 is 1.67 bits per heavy atom. The van der Waals surface area contributed by atoms with Gasteiger partial charge in [-0.25, -0.2) is 0 Å². The van der Waals surface area contributed by atoms with Crippen molar-refractivity contribution >= 4 is 17.7 Å². The number of aliphatic hydroxyl groups is 1. The SMILES string of the molecule is CCN(CCCO)C(=O)C1CSCCN1. The Labute approximate surface area is 95.4 Å². The number of aliphatic hydroxyl groups excluding tert-OH is 1. The first-order chi connectivity index (χ1) is 7.29. The molecule has 1 unspecified atom stereocenters. The average molecular weight is 232 g/mol. The van der Waals surface area contributed by atoms with Crippen LogP contribution in [0.5, 0.6) is 0 Å². The average Bonchev–Trinajstić information content (AvgIpc) is 2.31. The number of carbonyl (C=O) groups is 1. The van der Waals surface area contributed by atoms with Crippen LogP contribution in [-0.4, -0.2) is 59.7 Å². The molecule has 0 spiro atoms. The lowest BCUT2D eigenvalue weighted by molar-refractivity contribution is -0.132. The third-order valence-electron chi connectivity index (χ3n) is 2.50. The summed E-state index contributed by atoms with van der Waals surface area (Å²) in [6.07, 6.45) is 0.666. The molecule has 0 aromatic heterocycles. The van der Waals surface area contributed by atoms with E-state index in [2.05, 4.69) is 5.32 Å². The number of nitrogens with one attached hydrogen (secondary N) is 1. The highest BCUT2D eigenvalue weighted by Crippen LogP contribution is 2.10. The van der Waals surface area contributed by atoms with Gasteiger partial charge >= 0.3 is 0 Å². The van der Waals surface area contributed by atoms with Crippen LogP contribution in [0, 0.1) is 0 Å². The van der Waals surface area contributed by atoms with Crippen LogP contribution in [0.15, 0.2) is 0 Å². The number of hydrogen-bond acceptors (Lipinski definition) is 4. The van der Waals surface area contributed by atoms with Crippen molar-refractivity contribution in [3.05, 3.63) is 0 Å². The van der Waals surface area contributed by atoms with Gasteiger partial charge in [0.15, 0.2) is 0 Å². The van der Waals surface area contributed by atoms with Crippen molar-refractivity contribution in [2.75, 3.05) is 37.7 Å². The Bertz CT molecular complexity index is 196. The highest BCUT2D eigenvalue weighted by Gasteiger charge is 2.24. The predicted octanol–water partition coefficient (Wildman–Crippen LogP) is -0.0777. The van der Waals surface area contributed by atoms with Gasteiger partial charge in [-0.3, -0.25) is 4.79 Å². The molecule has 1 amide bonds. The second-order valence-electron chi connectivity index (χ2n) is 3.58. The third kappa shape index (κ3) is 4.01. The number of thioether (sulfide) groups is 1. The second kappa shape index (κ2) is 7.09. The quantitative estimate of drug-likeness (QED) is 0.696.